The highest BCUT2D eigenvalue weighted by Crippen LogP contribution is 2.20. The zero-order valence-corrected chi connectivity index (χ0v) is 15.5. The van der Waals surface area contributed by atoms with Crippen molar-refractivity contribution in [3.05, 3.63) is 60.2 Å². The first-order chi connectivity index (χ1) is 11.6. The van der Waals surface area contributed by atoms with E-state index in [1.807, 2.05) is 30.3 Å². The molecule has 2 aromatic carbocycles. The van der Waals surface area contributed by atoms with E-state index in [2.05, 4.69) is 55.3 Å². The van der Waals surface area contributed by atoms with Crippen LogP contribution in [0.3, 0.4) is 0 Å². The van der Waals surface area contributed by atoms with Crippen molar-refractivity contribution in [2.75, 3.05) is 22.5 Å². The predicted octanol–water partition coefficient (Wildman–Crippen LogP) is 4.79. The second-order valence-corrected chi connectivity index (χ2v) is 6.94. The minimum absolute atomic E-state index is 0.0416. The van der Waals surface area contributed by atoms with Crippen molar-refractivity contribution in [2.24, 2.45) is 0 Å². The molecule has 24 heavy (non-hydrogen) atoms. The predicted molar refractivity (Wildman–Crippen MR) is 106 cm³/mol. The lowest BCUT2D eigenvalue weighted by molar-refractivity contribution is -0.113. The van der Waals surface area contributed by atoms with Gasteiger partial charge in [-0.1, -0.05) is 30.3 Å². The molecule has 0 fully saturated rings. The fourth-order valence-corrected chi connectivity index (χ4v) is 3.40. The van der Waals surface area contributed by atoms with Gasteiger partial charge in [-0.2, -0.15) is 0 Å². The Bertz CT molecular complexity index is 626. The molecule has 128 valence electrons. The summed E-state index contributed by atoms with van der Waals surface area (Å²) in [5.74, 6) is 1.36. The largest absolute Gasteiger partial charge is 0.369 e. The van der Waals surface area contributed by atoms with Crippen LogP contribution in [0.15, 0.2) is 54.6 Å². The minimum atomic E-state index is 0.0416. The van der Waals surface area contributed by atoms with Crippen LogP contribution in [0.25, 0.3) is 0 Å². The van der Waals surface area contributed by atoms with Crippen LogP contribution < -0.4 is 10.2 Å². The van der Waals surface area contributed by atoms with E-state index in [0.29, 0.717) is 11.8 Å². The van der Waals surface area contributed by atoms with Gasteiger partial charge in [-0.05, 0) is 50.6 Å². The van der Waals surface area contributed by atoms with Crippen LogP contribution in [0, 0.1) is 0 Å². The van der Waals surface area contributed by atoms with E-state index in [1.165, 1.54) is 11.3 Å². The fraction of sp³-hybridized carbons (Fsp3) is 0.350. The number of carbonyl (C=O) groups is 1. The van der Waals surface area contributed by atoms with Crippen molar-refractivity contribution < 1.29 is 4.79 Å². The molecule has 0 aliphatic carbocycles. The molecule has 4 heteroatoms. The molecule has 0 atom stereocenters. The van der Waals surface area contributed by atoms with Crippen LogP contribution >= 0.6 is 11.8 Å². The highest BCUT2D eigenvalue weighted by Gasteiger charge is 2.08. The molecular formula is C20H26N2OS. The molecule has 1 amide bonds. The standard InChI is InChI=1S/C20H26N2OS/c1-4-22(16(2)3)19-12-10-18(11-13-19)21-20(23)15-24-14-17-8-6-5-7-9-17/h5-13,16H,4,14-15H2,1-3H3,(H,21,23). The Labute approximate surface area is 149 Å². The van der Waals surface area contributed by atoms with Gasteiger partial charge in [-0.25, -0.2) is 0 Å². The number of carbonyl (C=O) groups excluding carboxylic acids is 1. The molecular weight excluding hydrogens is 316 g/mol. The molecule has 2 aromatic rings. The van der Waals surface area contributed by atoms with Gasteiger partial charge in [0.2, 0.25) is 5.91 Å². The second kappa shape index (κ2) is 9.38. The summed E-state index contributed by atoms with van der Waals surface area (Å²) >= 11 is 1.63. The molecule has 0 saturated carbocycles. The lowest BCUT2D eigenvalue weighted by Crippen LogP contribution is -2.30. The van der Waals surface area contributed by atoms with Crippen molar-refractivity contribution in [2.45, 2.75) is 32.6 Å². The molecule has 0 bridgehead atoms. The van der Waals surface area contributed by atoms with Crippen molar-refractivity contribution in [1.82, 2.24) is 0 Å². The molecule has 0 saturated heterocycles. The molecule has 1 N–H and O–H groups in total. The number of rotatable bonds is 8. The summed E-state index contributed by atoms with van der Waals surface area (Å²) in [5, 5.41) is 2.96. The number of nitrogens with zero attached hydrogens (tertiary/aromatic N) is 1. The topological polar surface area (TPSA) is 32.3 Å². The second-order valence-electron chi connectivity index (χ2n) is 5.95. The normalized spacial score (nSPS) is 10.7. The number of amides is 1. The third kappa shape index (κ3) is 5.60. The van der Waals surface area contributed by atoms with E-state index in [1.54, 1.807) is 11.8 Å². The van der Waals surface area contributed by atoms with E-state index in [4.69, 9.17) is 0 Å². The van der Waals surface area contributed by atoms with Crippen LogP contribution in [0.4, 0.5) is 11.4 Å². The Kier molecular flexibility index (Phi) is 7.19. The maximum Gasteiger partial charge on any atom is 0.234 e. The maximum absolute atomic E-state index is 12.0. The van der Waals surface area contributed by atoms with Crippen molar-refractivity contribution in [3.8, 4) is 0 Å². The number of hydrogen-bond acceptors (Lipinski definition) is 3. The van der Waals surface area contributed by atoms with Crippen LogP contribution in [0.5, 0.6) is 0 Å². The molecule has 0 radical (unpaired) electrons. The first kappa shape index (κ1) is 18.4. The van der Waals surface area contributed by atoms with Crippen LogP contribution in [0.1, 0.15) is 26.3 Å². The summed E-state index contributed by atoms with van der Waals surface area (Å²) in [7, 11) is 0. The number of hydrogen-bond donors (Lipinski definition) is 1. The molecule has 0 unspecified atom stereocenters. The van der Waals surface area contributed by atoms with Gasteiger partial charge in [-0.15, -0.1) is 11.8 Å². The van der Waals surface area contributed by atoms with Gasteiger partial charge in [0.1, 0.15) is 0 Å². The molecule has 2 rings (SSSR count). The molecule has 0 aliphatic heterocycles. The Morgan fingerprint density at radius 3 is 2.33 bits per heavy atom. The quantitative estimate of drug-likeness (QED) is 0.748. The Morgan fingerprint density at radius 2 is 1.75 bits per heavy atom. The minimum Gasteiger partial charge on any atom is -0.369 e. The van der Waals surface area contributed by atoms with Crippen LogP contribution in [0.2, 0.25) is 0 Å². The third-order valence-electron chi connectivity index (χ3n) is 3.79. The van der Waals surface area contributed by atoms with Gasteiger partial charge >= 0.3 is 0 Å². The van der Waals surface area contributed by atoms with Gasteiger partial charge in [0.15, 0.2) is 0 Å². The lowest BCUT2D eigenvalue weighted by Gasteiger charge is -2.27. The van der Waals surface area contributed by atoms with Crippen LogP contribution in [-0.4, -0.2) is 24.2 Å². The summed E-state index contributed by atoms with van der Waals surface area (Å²) in [6, 6.07) is 18.7. The fourth-order valence-electron chi connectivity index (χ4n) is 2.61. The lowest BCUT2D eigenvalue weighted by atomic mass is 10.2. The summed E-state index contributed by atoms with van der Waals surface area (Å²) in [4.78, 5) is 14.4. The smallest absolute Gasteiger partial charge is 0.234 e. The van der Waals surface area contributed by atoms with E-state index in [-0.39, 0.29) is 5.91 Å². The van der Waals surface area contributed by atoms with Gasteiger partial charge in [-0.3, -0.25) is 4.79 Å². The van der Waals surface area contributed by atoms with Gasteiger partial charge in [0.05, 0.1) is 5.75 Å². The Balaban J connectivity index is 1.81. The Morgan fingerprint density at radius 1 is 1.08 bits per heavy atom. The number of thioether (sulfide) groups is 1. The molecule has 3 nitrogen and oxygen atoms in total. The summed E-state index contributed by atoms with van der Waals surface area (Å²) in [5.41, 5.74) is 3.28. The number of nitrogens with one attached hydrogen (secondary N) is 1. The van der Waals surface area contributed by atoms with Crippen molar-refractivity contribution in [1.29, 1.82) is 0 Å². The molecule has 0 aromatic heterocycles. The van der Waals surface area contributed by atoms with E-state index < -0.39 is 0 Å². The van der Waals surface area contributed by atoms with Gasteiger partial charge in [0.25, 0.3) is 0 Å². The summed E-state index contributed by atoms with van der Waals surface area (Å²) in [6.45, 7) is 7.49. The first-order valence-electron chi connectivity index (χ1n) is 8.38. The highest BCUT2D eigenvalue weighted by molar-refractivity contribution is 7.99. The Hall–Kier alpha value is -1.94. The zero-order valence-electron chi connectivity index (χ0n) is 14.7. The van der Waals surface area contributed by atoms with E-state index >= 15 is 0 Å². The van der Waals surface area contributed by atoms with Gasteiger partial charge in [0, 0.05) is 29.7 Å². The van der Waals surface area contributed by atoms with Crippen molar-refractivity contribution in [3.63, 3.8) is 0 Å². The van der Waals surface area contributed by atoms with E-state index in [9.17, 15) is 4.79 Å². The van der Waals surface area contributed by atoms with Crippen molar-refractivity contribution >= 4 is 29.0 Å². The average Bonchev–Trinajstić information content (AvgIpc) is 2.58. The highest BCUT2D eigenvalue weighted by atomic mass is 32.2. The van der Waals surface area contributed by atoms with Gasteiger partial charge < -0.3 is 10.2 Å². The SMILES string of the molecule is CCN(c1ccc(NC(=O)CSCc2ccccc2)cc1)C(C)C. The average molecular weight is 343 g/mol. The first-order valence-corrected chi connectivity index (χ1v) is 9.54. The van der Waals surface area contributed by atoms with E-state index in [0.717, 1.165) is 18.0 Å². The molecule has 0 heterocycles. The molecule has 0 aliphatic rings. The monoisotopic (exact) mass is 342 g/mol. The third-order valence-corrected chi connectivity index (χ3v) is 4.80. The van der Waals surface area contributed by atoms with Crippen LogP contribution in [-0.2, 0) is 10.5 Å². The number of benzene rings is 2. The number of anilines is 2. The summed E-state index contributed by atoms with van der Waals surface area (Å²) in [6.07, 6.45) is 0. The zero-order chi connectivity index (χ0) is 17.4. The molecule has 0 spiro atoms. The maximum atomic E-state index is 12.0. The summed E-state index contributed by atoms with van der Waals surface area (Å²) < 4.78 is 0.